The van der Waals surface area contributed by atoms with Gasteiger partial charge in [0, 0.05) is 19.7 Å². The van der Waals surface area contributed by atoms with Crippen LogP contribution in [0.2, 0.25) is 5.02 Å². The van der Waals surface area contributed by atoms with Crippen molar-refractivity contribution in [2.45, 2.75) is 12.5 Å². The van der Waals surface area contributed by atoms with Crippen molar-refractivity contribution in [3.63, 3.8) is 0 Å². The molecule has 1 aromatic rings. The summed E-state index contributed by atoms with van der Waals surface area (Å²) in [5.41, 5.74) is 11.1. The van der Waals surface area contributed by atoms with Crippen molar-refractivity contribution in [2.24, 2.45) is 18.5 Å². The number of aromatic nitrogens is 2. The van der Waals surface area contributed by atoms with E-state index >= 15 is 0 Å². The Morgan fingerprint density at radius 1 is 1.85 bits per heavy atom. The van der Waals surface area contributed by atoms with Crippen LogP contribution >= 0.6 is 11.6 Å². The Hall–Kier alpha value is -1.07. The molecule has 5 nitrogen and oxygen atoms in total. The number of carbonyl (C=O) groups excluding carboxylic acids is 1. The molecule has 0 saturated carbocycles. The Kier molecular flexibility index (Phi) is 2.90. The van der Waals surface area contributed by atoms with Gasteiger partial charge in [-0.05, 0) is 0 Å². The van der Waals surface area contributed by atoms with Gasteiger partial charge in [0.2, 0.25) is 5.91 Å². The van der Waals surface area contributed by atoms with Crippen LogP contribution in [0.4, 0.5) is 0 Å². The van der Waals surface area contributed by atoms with Crippen molar-refractivity contribution in [2.75, 3.05) is 0 Å². The third-order valence-electron chi connectivity index (χ3n) is 1.58. The van der Waals surface area contributed by atoms with E-state index in [4.69, 9.17) is 23.1 Å². The lowest BCUT2D eigenvalue weighted by molar-refractivity contribution is -0.118. The summed E-state index contributed by atoms with van der Waals surface area (Å²) < 4.78 is 1.54. The molecule has 0 saturated heterocycles. The number of halogens is 1. The van der Waals surface area contributed by atoms with Crippen LogP contribution in [0.25, 0.3) is 0 Å². The number of primary amides is 1. The van der Waals surface area contributed by atoms with Gasteiger partial charge in [0.15, 0.2) is 0 Å². The van der Waals surface area contributed by atoms with Gasteiger partial charge in [0.25, 0.3) is 0 Å². The summed E-state index contributed by atoms with van der Waals surface area (Å²) in [6, 6.07) is -0.522. The second-order valence-electron chi connectivity index (χ2n) is 2.81. The average molecular weight is 203 g/mol. The molecule has 1 unspecified atom stereocenters. The highest BCUT2D eigenvalue weighted by Crippen LogP contribution is 2.20. The van der Waals surface area contributed by atoms with Crippen LogP contribution in [0.3, 0.4) is 0 Å². The molecule has 0 aliphatic rings. The fourth-order valence-electron chi connectivity index (χ4n) is 1.04. The van der Waals surface area contributed by atoms with E-state index < -0.39 is 11.9 Å². The molecule has 13 heavy (non-hydrogen) atoms. The SMILES string of the molecule is Cn1cc(Cl)c(C(N)CC(N)=O)n1. The molecule has 4 N–H and O–H groups in total. The third-order valence-corrected chi connectivity index (χ3v) is 1.87. The molecule has 0 radical (unpaired) electrons. The third kappa shape index (κ3) is 2.43. The standard InChI is InChI=1S/C7H11ClN4O/c1-12-3-4(8)7(11-12)5(9)2-6(10)13/h3,5H,2,9H2,1H3,(H2,10,13). The molecule has 1 heterocycles. The Balaban J connectivity index is 2.81. The lowest BCUT2D eigenvalue weighted by atomic mass is 10.1. The number of hydrogen-bond acceptors (Lipinski definition) is 3. The molecule has 6 heteroatoms. The molecule has 72 valence electrons. The molecular formula is C7H11ClN4O. The van der Waals surface area contributed by atoms with E-state index in [9.17, 15) is 4.79 Å². The van der Waals surface area contributed by atoms with Crippen molar-refractivity contribution >= 4 is 17.5 Å². The molecular weight excluding hydrogens is 192 g/mol. The molecule has 0 fully saturated rings. The Morgan fingerprint density at radius 3 is 2.85 bits per heavy atom. The van der Waals surface area contributed by atoms with Gasteiger partial charge >= 0.3 is 0 Å². The summed E-state index contributed by atoms with van der Waals surface area (Å²) in [4.78, 5) is 10.6. The number of amides is 1. The predicted octanol–water partition coefficient (Wildman–Crippen LogP) is -0.0513. The molecule has 0 aliphatic heterocycles. The number of hydrogen-bond donors (Lipinski definition) is 2. The molecule has 1 amide bonds. The van der Waals surface area contributed by atoms with Gasteiger partial charge in [0.1, 0.15) is 0 Å². The number of nitrogens with two attached hydrogens (primary N) is 2. The first-order valence-electron chi connectivity index (χ1n) is 3.73. The number of nitrogens with zero attached hydrogens (tertiary/aromatic N) is 2. The molecule has 0 spiro atoms. The minimum atomic E-state index is -0.522. The zero-order valence-corrected chi connectivity index (χ0v) is 7.95. The van der Waals surface area contributed by atoms with Gasteiger partial charge in [0.05, 0.1) is 16.8 Å². The van der Waals surface area contributed by atoms with Crippen LogP contribution in [-0.4, -0.2) is 15.7 Å². The minimum absolute atomic E-state index is 0.0523. The monoisotopic (exact) mass is 202 g/mol. The topological polar surface area (TPSA) is 86.9 Å². The Labute approximate surface area is 80.6 Å². The van der Waals surface area contributed by atoms with Crippen molar-refractivity contribution < 1.29 is 4.79 Å². The maximum Gasteiger partial charge on any atom is 0.219 e. The fourth-order valence-corrected chi connectivity index (χ4v) is 1.36. The van der Waals surface area contributed by atoms with Crippen LogP contribution in [0.5, 0.6) is 0 Å². The Morgan fingerprint density at radius 2 is 2.46 bits per heavy atom. The molecule has 1 atom stereocenters. The van der Waals surface area contributed by atoms with E-state index in [-0.39, 0.29) is 6.42 Å². The summed E-state index contributed by atoms with van der Waals surface area (Å²) in [5, 5.41) is 4.47. The van der Waals surface area contributed by atoms with Crippen molar-refractivity contribution in [3.05, 3.63) is 16.9 Å². The smallest absolute Gasteiger partial charge is 0.219 e. The minimum Gasteiger partial charge on any atom is -0.370 e. The number of carbonyl (C=O) groups is 1. The highest BCUT2D eigenvalue weighted by atomic mass is 35.5. The van der Waals surface area contributed by atoms with Crippen LogP contribution < -0.4 is 11.5 Å². The van der Waals surface area contributed by atoms with E-state index in [0.29, 0.717) is 10.7 Å². The summed E-state index contributed by atoms with van der Waals surface area (Å²) in [7, 11) is 1.73. The molecule has 1 aromatic heterocycles. The van der Waals surface area contributed by atoms with E-state index in [1.807, 2.05) is 0 Å². The summed E-state index contributed by atoms with van der Waals surface area (Å²) in [6.07, 6.45) is 1.68. The zero-order valence-electron chi connectivity index (χ0n) is 7.20. The van der Waals surface area contributed by atoms with Crippen molar-refractivity contribution in [1.29, 1.82) is 0 Å². The van der Waals surface area contributed by atoms with Crippen molar-refractivity contribution in [1.82, 2.24) is 9.78 Å². The van der Waals surface area contributed by atoms with Crippen LogP contribution in [-0.2, 0) is 11.8 Å². The van der Waals surface area contributed by atoms with E-state index in [1.165, 1.54) is 0 Å². The summed E-state index contributed by atoms with van der Waals surface area (Å²) in [5.74, 6) is -0.464. The second-order valence-corrected chi connectivity index (χ2v) is 3.22. The van der Waals surface area contributed by atoms with Gasteiger partial charge in [-0.3, -0.25) is 9.48 Å². The second kappa shape index (κ2) is 3.76. The van der Waals surface area contributed by atoms with E-state index in [1.54, 1.807) is 17.9 Å². The van der Waals surface area contributed by atoms with Gasteiger partial charge < -0.3 is 11.5 Å². The average Bonchev–Trinajstić information content (AvgIpc) is 2.28. The van der Waals surface area contributed by atoms with Gasteiger partial charge in [-0.15, -0.1) is 0 Å². The van der Waals surface area contributed by atoms with Crippen LogP contribution in [0.1, 0.15) is 18.2 Å². The normalized spacial score (nSPS) is 12.8. The maximum atomic E-state index is 10.6. The van der Waals surface area contributed by atoms with E-state index in [2.05, 4.69) is 5.10 Å². The Bertz CT molecular complexity index is 322. The maximum absolute atomic E-state index is 10.6. The van der Waals surface area contributed by atoms with Crippen molar-refractivity contribution in [3.8, 4) is 0 Å². The summed E-state index contributed by atoms with van der Waals surface area (Å²) >= 11 is 5.81. The first-order valence-corrected chi connectivity index (χ1v) is 4.11. The predicted molar refractivity (Wildman–Crippen MR) is 49.0 cm³/mol. The van der Waals surface area contributed by atoms with E-state index in [0.717, 1.165) is 0 Å². The lowest BCUT2D eigenvalue weighted by Crippen LogP contribution is -2.21. The number of rotatable bonds is 3. The first kappa shape index (κ1) is 10.0. The largest absolute Gasteiger partial charge is 0.370 e. The zero-order chi connectivity index (χ0) is 10.0. The molecule has 0 aliphatic carbocycles. The fraction of sp³-hybridized carbons (Fsp3) is 0.429. The molecule has 0 bridgehead atoms. The highest BCUT2D eigenvalue weighted by molar-refractivity contribution is 6.31. The quantitative estimate of drug-likeness (QED) is 0.721. The van der Waals surface area contributed by atoms with Crippen LogP contribution in [0, 0.1) is 0 Å². The lowest BCUT2D eigenvalue weighted by Gasteiger charge is -2.05. The van der Waals surface area contributed by atoms with Gasteiger partial charge in [-0.2, -0.15) is 5.10 Å². The van der Waals surface area contributed by atoms with Gasteiger partial charge in [-0.25, -0.2) is 0 Å². The number of aryl methyl sites for hydroxylation is 1. The first-order chi connectivity index (χ1) is 6.00. The van der Waals surface area contributed by atoms with Gasteiger partial charge in [-0.1, -0.05) is 11.6 Å². The van der Waals surface area contributed by atoms with Crippen LogP contribution in [0.15, 0.2) is 6.20 Å². The molecule has 1 rings (SSSR count). The molecule has 0 aromatic carbocycles. The summed E-state index contributed by atoms with van der Waals surface area (Å²) in [6.45, 7) is 0. The highest BCUT2D eigenvalue weighted by Gasteiger charge is 2.15.